The van der Waals surface area contributed by atoms with Gasteiger partial charge in [-0.05, 0) is 37.5 Å². The summed E-state index contributed by atoms with van der Waals surface area (Å²) in [6, 6.07) is 0. The molecule has 0 saturated carbocycles. The molecular weight excluding hydrogens is 1200 g/mol. The Morgan fingerprint density at radius 2 is 0.527 bits per heavy atom. The third-order valence-electron chi connectivity index (χ3n) is 17.4. The molecule has 0 fully saturated rings. The van der Waals surface area contributed by atoms with Crippen LogP contribution >= 0.6 is 15.6 Å². The molecule has 7 atom stereocenters. The summed E-state index contributed by atoms with van der Waals surface area (Å²) in [5.74, 6) is -0.594. The third kappa shape index (κ3) is 63.9. The molecule has 0 saturated heterocycles. The highest BCUT2D eigenvalue weighted by Crippen LogP contribution is 2.45. The molecule has 0 bridgehead atoms. The minimum Gasteiger partial charge on any atom is -0.462 e. The minimum atomic E-state index is -4.95. The van der Waals surface area contributed by atoms with Crippen LogP contribution in [-0.4, -0.2) is 96.7 Å². The summed E-state index contributed by atoms with van der Waals surface area (Å²) in [4.78, 5) is 72.6. The topological polar surface area (TPSA) is 237 Å². The number of aliphatic hydroxyl groups is 1. The smallest absolute Gasteiger partial charge is 0.462 e. The van der Waals surface area contributed by atoms with Crippen LogP contribution in [0.15, 0.2) is 0 Å². The molecule has 0 amide bonds. The van der Waals surface area contributed by atoms with Gasteiger partial charge in [-0.2, -0.15) is 0 Å². The summed E-state index contributed by atoms with van der Waals surface area (Å²) in [7, 11) is -9.90. The molecule has 540 valence electrons. The molecule has 3 N–H and O–H groups in total. The number of hydrogen-bond acceptors (Lipinski definition) is 15. The van der Waals surface area contributed by atoms with E-state index in [9.17, 15) is 43.2 Å². The number of phosphoric acid groups is 2. The van der Waals surface area contributed by atoms with Crippen LogP contribution in [0.2, 0.25) is 0 Å². The summed E-state index contributed by atoms with van der Waals surface area (Å²) in [5, 5.41) is 10.6. The van der Waals surface area contributed by atoms with Crippen molar-refractivity contribution in [2.24, 2.45) is 11.8 Å². The fraction of sp³-hybridized carbons (Fsp3) is 0.944. The van der Waals surface area contributed by atoms with E-state index in [-0.39, 0.29) is 25.7 Å². The second-order valence-corrected chi connectivity index (χ2v) is 29.4. The van der Waals surface area contributed by atoms with E-state index in [0.717, 1.165) is 102 Å². The Bertz CT molecular complexity index is 1770. The van der Waals surface area contributed by atoms with Gasteiger partial charge >= 0.3 is 39.5 Å². The van der Waals surface area contributed by atoms with Gasteiger partial charge in [-0.1, -0.05) is 318 Å². The van der Waals surface area contributed by atoms with Crippen molar-refractivity contribution in [3.63, 3.8) is 0 Å². The zero-order valence-electron chi connectivity index (χ0n) is 59.1. The van der Waals surface area contributed by atoms with Crippen LogP contribution in [0.5, 0.6) is 0 Å². The molecule has 0 rings (SSSR count). The number of hydrogen-bond donors (Lipinski definition) is 3. The number of carbonyl (C=O) groups excluding carboxylic acids is 4. The Labute approximate surface area is 556 Å². The lowest BCUT2D eigenvalue weighted by atomic mass is 9.99. The van der Waals surface area contributed by atoms with Gasteiger partial charge in [-0.15, -0.1) is 0 Å². The van der Waals surface area contributed by atoms with Gasteiger partial charge in [-0.3, -0.25) is 37.3 Å². The molecule has 0 aromatic carbocycles. The molecule has 0 aliphatic carbocycles. The standard InChI is InChI=1S/C72H140O17P2/c1-7-11-13-15-17-19-21-22-23-24-25-26-27-33-37-44-50-56-71(76)88-67(60-82-70(75)55-49-43-36-32-29-28-30-34-40-46-52-64(5)9-3)62-86-90(78,79)84-58-66(73)59-85-91(80,81)87-63-68(89-72(77)57-51-45-39-38-41-47-53-65(6)10-4)61-83-69(74)54-48-42-35-31-20-18-16-14-12-8-2/h64-68,73H,7-63H2,1-6H3,(H,78,79)(H,80,81)/t64?,65?,66-,67-,68-/m1/s1. The van der Waals surface area contributed by atoms with Crippen LogP contribution in [0.4, 0.5) is 0 Å². The molecule has 0 spiro atoms. The lowest BCUT2D eigenvalue weighted by Gasteiger charge is -2.21. The monoisotopic (exact) mass is 1340 g/mol. The van der Waals surface area contributed by atoms with Gasteiger partial charge in [0.05, 0.1) is 26.4 Å². The third-order valence-corrected chi connectivity index (χ3v) is 19.3. The van der Waals surface area contributed by atoms with Gasteiger partial charge in [0.15, 0.2) is 12.2 Å². The lowest BCUT2D eigenvalue weighted by molar-refractivity contribution is -0.161. The number of rotatable bonds is 71. The first kappa shape index (κ1) is 89.1. The number of esters is 4. The van der Waals surface area contributed by atoms with Gasteiger partial charge in [0.25, 0.3) is 0 Å². The molecule has 0 aromatic rings. The van der Waals surface area contributed by atoms with E-state index in [1.165, 1.54) is 186 Å². The quantitative estimate of drug-likeness (QED) is 0.0222. The van der Waals surface area contributed by atoms with Crippen molar-refractivity contribution < 1.29 is 80.2 Å². The largest absolute Gasteiger partial charge is 0.472 e. The number of carbonyl (C=O) groups is 4. The average molecular weight is 1340 g/mol. The van der Waals surface area contributed by atoms with Crippen LogP contribution in [0.25, 0.3) is 0 Å². The Morgan fingerprint density at radius 3 is 0.780 bits per heavy atom. The number of phosphoric ester groups is 2. The highest BCUT2D eigenvalue weighted by Gasteiger charge is 2.30. The Hall–Kier alpha value is -1.94. The maximum Gasteiger partial charge on any atom is 0.472 e. The minimum absolute atomic E-state index is 0.103. The van der Waals surface area contributed by atoms with Crippen molar-refractivity contribution in [2.75, 3.05) is 39.6 Å². The van der Waals surface area contributed by atoms with Gasteiger partial charge < -0.3 is 33.8 Å². The van der Waals surface area contributed by atoms with E-state index in [0.29, 0.717) is 25.7 Å². The van der Waals surface area contributed by atoms with Crippen molar-refractivity contribution in [2.45, 2.75) is 387 Å². The van der Waals surface area contributed by atoms with Crippen molar-refractivity contribution in [1.29, 1.82) is 0 Å². The van der Waals surface area contributed by atoms with E-state index in [4.69, 9.17) is 37.0 Å². The van der Waals surface area contributed by atoms with Crippen molar-refractivity contribution in [1.82, 2.24) is 0 Å². The number of unbranched alkanes of at least 4 members (excludes halogenated alkanes) is 39. The summed E-state index contributed by atoms with van der Waals surface area (Å²) < 4.78 is 68.3. The Kier molecular flexibility index (Phi) is 62.7. The Morgan fingerprint density at radius 1 is 0.308 bits per heavy atom. The normalized spacial score (nSPS) is 14.7. The zero-order chi connectivity index (χ0) is 67.2. The maximum atomic E-state index is 13.0. The molecule has 0 heterocycles. The van der Waals surface area contributed by atoms with Gasteiger partial charge in [0.1, 0.15) is 19.3 Å². The van der Waals surface area contributed by atoms with Crippen LogP contribution in [0.1, 0.15) is 369 Å². The Balaban J connectivity index is 5.24. The van der Waals surface area contributed by atoms with Gasteiger partial charge in [-0.25, -0.2) is 9.13 Å². The highest BCUT2D eigenvalue weighted by atomic mass is 31.2. The molecular formula is C72H140O17P2. The highest BCUT2D eigenvalue weighted by molar-refractivity contribution is 7.47. The summed E-state index contributed by atoms with van der Waals surface area (Å²) in [6.07, 6.45) is 49.9. The first-order valence-corrected chi connectivity index (χ1v) is 40.6. The van der Waals surface area contributed by atoms with E-state index in [1.807, 2.05) is 0 Å². The van der Waals surface area contributed by atoms with Crippen LogP contribution < -0.4 is 0 Å². The second-order valence-electron chi connectivity index (χ2n) is 26.5. The lowest BCUT2D eigenvalue weighted by Crippen LogP contribution is -2.30. The zero-order valence-corrected chi connectivity index (χ0v) is 60.9. The molecule has 0 aromatic heterocycles. The predicted molar refractivity (Wildman–Crippen MR) is 368 cm³/mol. The summed E-state index contributed by atoms with van der Waals surface area (Å²) in [6.45, 7) is 9.54. The SMILES string of the molecule is CCCCCCCCCCCCCCCCCCCC(=O)O[C@H](COC(=O)CCCCCCCCCCCCC(C)CC)COP(=O)(O)OC[C@@H](O)COP(=O)(O)OC[C@@H](COC(=O)CCCCCCCCCCCC)OC(=O)CCCCCCCCC(C)CC. The molecule has 0 radical (unpaired) electrons. The fourth-order valence-corrected chi connectivity index (χ4v) is 12.5. The summed E-state index contributed by atoms with van der Waals surface area (Å²) >= 11 is 0. The average Bonchev–Trinajstić information content (AvgIpc) is 3.68. The van der Waals surface area contributed by atoms with Crippen LogP contribution in [0, 0.1) is 11.8 Å². The van der Waals surface area contributed by atoms with E-state index in [1.54, 1.807) is 0 Å². The second kappa shape index (κ2) is 64.1. The van der Waals surface area contributed by atoms with Gasteiger partial charge in [0.2, 0.25) is 0 Å². The van der Waals surface area contributed by atoms with Crippen LogP contribution in [0.3, 0.4) is 0 Å². The van der Waals surface area contributed by atoms with E-state index >= 15 is 0 Å². The van der Waals surface area contributed by atoms with Gasteiger partial charge in [0, 0.05) is 25.7 Å². The molecule has 0 aliphatic rings. The first-order valence-electron chi connectivity index (χ1n) is 37.6. The van der Waals surface area contributed by atoms with E-state index < -0.39 is 97.5 Å². The summed E-state index contributed by atoms with van der Waals surface area (Å²) in [5.41, 5.74) is 0. The number of ether oxygens (including phenoxy) is 4. The molecule has 4 unspecified atom stereocenters. The first-order chi connectivity index (χ1) is 43.9. The van der Waals surface area contributed by atoms with Crippen LogP contribution in [-0.2, 0) is 65.4 Å². The number of aliphatic hydroxyl groups excluding tert-OH is 1. The van der Waals surface area contributed by atoms with Crippen molar-refractivity contribution in [3.8, 4) is 0 Å². The fourth-order valence-electron chi connectivity index (χ4n) is 10.9. The molecule has 17 nitrogen and oxygen atoms in total. The predicted octanol–water partition coefficient (Wildman–Crippen LogP) is 20.8. The van der Waals surface area contributed by atoms with E-state index in [2.05, 4.69) is 41.5 Å². The maximum absolute atomic E-state index is 13.0. The van der Waals surface area contributed by atoms with Crippen molar-refractivity contribution >= 4 is 39.5 Å². The molecule has 91 heavy (non-hydrogen) atoms. The van der Waals surface area contributed by atoms with Crippen molar-refractivity contribution in [3.05, 3.63) is 0 Å². The molecule has 19 heteroatoms. The molecule has 0 aliphatic heterocycles.